The molecule has 14 rings (SSSR count). The Hall–Kier alpha value is -8.88. The van der Waals surface area contributed by atoms with Gasteiger partial charge in [-0.2, -0.15) is 0 Å². The maximum atomic E-state index is 15.7. The van der Waals surface area contributed by atoms with Crippen LogP contribution in [0.25, 0.3) is 55.0 Å². The Balaban J connectivity index is 1.08. The summed E-state index contributed by atoms with van der Waals surface area (Å²) in [6.07, 6.45) is 1.50. The van der Waals surface area contributed by atoms with Gasteiger partial charge in [0, 0.05) is 50.5 Å². The molecule has 0 radical (unpaired) electrons. The van der Waals surface area contributed by atoms with Gasteiger partial charge in [0.15, 0.2) is 11.2 Å². The van der Waals surface area contributed by atoms with Crippen LogP contribution >= 0.6 is 0 Å². The minimum absolute atomic E-state index is 0.266. The fourth-order valence-electron chi connectivity index (χ4n) is 13.0. The topological polar surface area (TPSA) is 32.8 Å². The second-order valence-electron chi connectivity index (χ2n) is 20.7. The number of benzene rings is 10. The van der Waals surface area contributed by atoms with Gasteiger partial charge in [0.1, 0.15) is 34.4 Å². The highest BCUT2D eigenvalue weighted by molar-refractivity contribution is 6.12. The number of anilines is 6. The molecule has 0 saturated heterocycles. The molecule has 370 valence electrons. The molecular formula is C68H48F4N2O2. The molecule has 1 spiro atoms. The fourth-order valence-corrected chi connectivity index (χ4v) is 13.0. The zero-order valence-electron chi connectivity index (χ0n) is 42.1. The van der Waals surface area contributed by atoms with E-state index in [4.69, 9.17) is 8.83 Å². The van der Waals surface area contributed by atoms with Crippen LogP contribution in [-0.2, 0) is 23.7 Å². The summed E-state index contributed by atoms with van der Waals surface area (Å²) in [4.78, 5) is 3.75. The van der Waals surface area contributed by atoms with E-state index in [2.05, 4.69) is 113 Å². The second kappa shape index (κ2) is 16.8. The molecule has 0 fully saturated rings. The second-order valence-corrected chi connectivity index (χ2v) is 20.7. The first-order valence-electron chi connectivity index (χ1n) is 25.9. The maximum absolute atomic E-state index is 15.7. The molecule has 10 aromatic carbocycles. The standard InChI is InChI=1S/C68H48F4N2O2/c1-5-39-15-11-17-49-51-19-13-25-61(65(51)75-63(39)49)73(47-33-41(69)31-42(70)34-47)45-27-29-55-53(37-45)54-38-46(28-30-56(54)68(55)59-23-9-7-21-57(59)67(3,4)58-22-8-10-24-60(58)68)74(48-35-43(71)32-44(72)36-48)62-26-14-20-52-50-18-12-16-40(6-2)64(50)76-66(52)62/h7-38H,5-6H2,1-4H3. The van der Waals surface area contributed by atoms with E-state index in [1.165, 1.54) is 35.4 Å². The molecule has 4 nitrogen and oxygen atoms in total. The summed E-state index contributed by atoms with van der Waals surface area (Å²) in [6.45, 7) is 8.73. The molecule has 76 heavy (non-hydrogen) atoms. The highest BCUT2D eigenvalue weighted by atomic mass is 19.1. The van der Waals surface area contributed by atoms with Gasteiger partial charge in [0.25, 0.3) is 0 Å². The maximum Gasteiger partial charge on any atom is 0.159 e. The molecule has 12 aromatic rings. The zero-order chi connectivity index (χ0) is 51.8. The largest absolute Gasteiger partial charge is 0.454 e. The minimum atomic E-state index is -0.847. The number of rotatable bonds is 8. The van der Waals surface area contributed by atoms with Crippen molar-refractivity contribution in [2.45, 2.75) is 51.4 Å². The van der Waals surface area contributed by atoms with E-state index >= 15 is 17.6 Å². The SMILES string of the molecule is CCc1cccc2c1oc1c(N(c3cc(F)cc(F)c3)c3ccc4c(c3)-c3cc(N(c5cc(F)cc(F)c5)c5cccc6c5oc5c(CC)cccc56)ccc3C43c4ccccc4C(C)(C)c4ccccc43)cccc12. The van der Waals surface area contributed by atoms with Crippen molar-refractivity contribution >= 4 is 78.0 Å². The molecule has 2 aromatic heterocycles. The summed E-state index contributed by atoms with van der Waals surface area (Å²) in [7, 11) is 0. The average molecular weight is 1000 g/mol. The molecule has 2 heterocycles. The van der Waals surface area contributed by atoms with E-state index in [0.29, 0.717) is 33.9 Å². The van der Waals surface area contributed by atoms with Crippen LogP contribution in [0.15, 0.2) is 203 Å². The predicted octanol–water partition coefficient (Wildman–Crippen LogP) is 19.1. The Bertz CT molecular complexity index is 4080. The van der Waals surface area contributed by atoms with E-state index in [1.807, 2.05) is 82.6 Å². The van der Waals surface area contributed by atoms with Gasteiger partial charge in [0.2, 0.25) is 0 Å². The lowest BCUT2D eigenvalue weighted by molar-refractivity contribution is 0.563. The average Bonchev–Trinajstić information content (AvgIpc) is 4.24. The van der Waals surface area contributed by atoms with Crippen molar-refractivity contribution in [3.63, 3.8) is 0 Å². The number of para-hydroxylation sites is 4. The van der Waals surface area contributed by atoms with E-state index in [9.17, 15) is 0 Å². The Labute approximate surface area is 436 Å². The predicted molar refractivity (Wildman–Crippen MR) is 298 cm³/mol. The smallest absolute Gasteiger partial charge is 0.159 e. The summed E-state index contributed by atoms with van der Waals surface area (Å²) in [5.74, 6) is -2.90. The molecule has 0 amide bonds. The van der Waals surface area contributed by atoms with Crippen LogP contribution in [0.4, 0.5) is 51.7 Å². The highest BCUT2D eigenvalue weighted by Gasteiger charge is 2.53. The van der Waals surface area contributed by atoms with E-state index in [1.54, 1.807) is 0 Å². The Morgan fingerprint density at radius 2 is 0.724 bits per heavy atom. The lowest BCUT2D eigenvalue weighted by Crippen LogP contribution is -2.40. The number of furan rings is 2. The molecule has 0 saturated carbocycles. The quantitative estimate of drug-likeness (QED) is 0.142. The molecule has 2 aliphatic rings. The molecule has 2 aliphatic carbocycles. The Morgan fingerprint density at radius 1 is 0.355 bits per heavy atom. The molecule has 0 atom stereocenters. The number of halogens is 4. The first-order valence-corrected chi connectivity index (χ1v) is 25.9. The summed E-state index contributed by atoms with van der Waals surface area (Å²) >= 11 is 0. The molecule has 0 aliphatic heterocycles. The van der Waals surface area contributed by atoms with Gasteiger partial charge in [-0.15, -0.1) is 0 Å². The Kier molecular flexibility index (Phi) is 10.1. The van der Waals surface area contributed by atoms with Crippen molar-refractivity contribution in [2.24, 2.45) is 0 Å². The third-order valence-corrected chi connectivity index (χ3v) is 16.3. The zero-order valence-corrected chi connectivity index (χ0v) is 42.1. The van der Waals surface area contributed by atoms with Crippen LogP contribution in [0.2, 0.25) is 0 Å². The fraction of sp³-hybridized carbons (Fsp3) is 0.118. The van der Waals surface area contributed by atoms with Crippen LogP contribution < -0.4 is 9.80 Å². The number of nitrogens with zero attached hydrogens (tertiary/aromatic N) is 2. The summed E-state index contributed by atoms with van der Waals surface area (Å²) < 4.78 is 76.5. The summed E-state index contributed by atoms with van der Waals surface area (Å²) in [6, 6.07) is 61.1. The number of fused-ring (bicyclic) bond motifs is 15. The highest BCUT2D eigenvalue weighted by Crippen LogP contribution is 2.63. The van der Waals surface area contributed by atoms with Gasteiger partial charge >= 0.3 is 0 Å². The van der Waals surface area contributed by atoms with E-state index < -0.39 is 28.7 Å². The molecule has 0 unspecified atom stereocenters. The lowest BCUT2D eigenvalue weighted by atomic mass is 9.55. The van der Waals surface area contributed by atoms with Gasteiger partial charge < -0.3 is 18.6 Å². The van der Waals surface area contributed by atoms with E-state index in [-0.39, 0.29) is 16.8 Å². The van der Waals surface area contributed by atoms with Crippen LogP contribution in [0.1, 0.15) is 72.2 Å². The number of hydrogen-bond acceptors (Lipinski definition) is 4. The van der Waals surface area contributed by atoms with Crippen molar-refractivity contribution in [1.82, 2.24) is 0 Å². The molecular weight excluding hydrogens is 953 g/mol. The Morgan fingerprint density at radius 3 is 1.12 bits per heavy atom. The minimum Gasteiger partial charge on any atom is -0.454 e. The number of aryl methyl sites for hydroxylation is 2. The number of hydrogen-bond donors (Lipinski definition) is 0. The van der Waals surface area contributed by atoms with E-state index in [0.717, 1.165) is 102 Å². The summed E-state index contributed by atoms with van der Waals surface area (Å²) in [5.41, 5.74) is 14.9. The van der Waals surface area contributed by atoms with Crippen molar-refractivity contribution < 1.29 is 26.4 Å². The summed E-state index contributed by atoms with van der Waals surface area (Å²) in [5, 5.41) is 3.64. The molecule has 0 bridgehead atoms. The monoisotopic (exact) mass is 1000 g/mol. The van der Waals surface area contributed by atoms with Gasteiger partial charge in [-0.3, -0.25) is 0 Å². The van der Waals surface area contributed by atoms with Gasteiger partial charge in [-0.1, -0.05) is 149 Å². The van der Waals surface area contributed by atoms with Crippen molar-refractivity contribution in [2.75, 3.05) is 9.80 Å². The van der Waals surface area contributed by atoms with Crippen LogP contribution in [0.3, 0.4) is 0 Å². The van der Waals surface area contributed by atoms with Gasteiger partial charge in [0.05, 0.1) is 28.2 Å². The lowest BCUT2D eigenvalue weighted by Gasteiger charge is -2.46. The van der Waals surface area contributed by atoms with Crippen molar-refractivity contribution in [3.05, 3.63) is 262 Å². The van der Waals surface area contributed by atoms with Gasteiger partial charge in [-0.25, -0.2) is 17.6 Å². The van der Waals surface area contributed by atoms with Gasteiger partial charge in [-0.05, 0) is 129 Å². The van der Waals surface area contributed by atoms with Crippen molar-refractivity contribution in [1.29, 1.82) is 0 Å². The first kappa shape index (κ1) is 45.7. The van der Waals surface area contributed by atoms with Crippen molar-refractivity contribution in [3.8, 4) is 11.1 Å². The third-order valence-electron chi connectivity index (χ3n) is 16.3. The van der Waals surface area contributed by atoms with Crippen LogP contribution in [-0.4, -0.2) is 0 Å². The molecule has 0 N–H and O–H groups in total. The van der Waals surface area contributed by atoms with Crippen LogP contribution in [0.5, 0.6) is 0 Å². The first-order chi connectivity index (χ1) is 37.0. The third kappa shape index (κ3) is 6.49. The molecule has 8 heteroatoms. The normalized spacial score (nSPS) is 13.8. The van der Waals surface area contributed by atoms with Crippen LogP contribution in [0, 0.1) is 23.3 Å².